The molecule has 1 aromatic carbocycles. The molecule has 0 radical (unpaired) electrons. The van der Waals surface area contributed by atoms with E-state index in [1.54, 1.807) is 7.11 Å². The van der Waals surface area contributed by atoms with Gasteiger partial charge in [-0.1, -0.05) is 29.8 Å². The average Bonchev–Trinajstić information content (AvgIpc) is 2.36. The molecule has 1 rings (SSSR count). The second kappa shape index (κ2) is 6.91. The Kier molecular flexibility index (Phi) is 5.83. The lowest BCUT2D eigenvalue weighted by molar-refractivity contribution is 0.00231. The van der Waals surface area contributed by atoms with Crippen molar-refractivity contribution in [3.63, 3.8) is 0 Å². The van der Waals surface area contributed by atoms with E-state index < -0.39 is 0 Å². The van der Waals surface area contributed by atoms with E-state index >= 15 is 0 Å². The van der Waals surface area contributed by atoms with E-state index in [2.05, 4.69) is 45.0 Å². The lowest BCUT2D eigenvalue weighted by Gasteiger charge is -2.24. The summed E-state index contributed by atoms with van der Waals surface area (Å²) in [7, 11) is 1.72. The van der Waals surface area contributed by atoms with E-state index in [-0.39, 0.29) is 11.7 Å². The minimum atomic E-state index is -0.235. The van der Waals surface area contributed by atoms with Crippen LogP contribution < -0.4 is 0 Å². The standard InChI is InChI=1S/C16H26O2/c1-13-5-7-14(8-6-13)9-10-15(17)11-12-16(2,3)18-4/h5-8,15,17H,9-12H2,1-4H3. The van der Waals surface area contributed by atoms with E-state index in [9.17, 15) is 5.11 Å². The zero-order valence-corrected chi connectivity index (χ0v) is 12.1. The molecule has 0 fully saturated rings. The first-order valence-corrected chi connectivity index (χ1v) is 6.72. The molecule has 0 saturated heterocycles. The first-order chi connectivity index (χ1) is 8.43. The van der Waals surface area contributed by atoms with Gasteiger partial charge in [-0.3, -0.25) is 0 Å². The van der Waals surface area contributed by atoms with Gasteiger partial charge in [0.1, 0.15) is 0 Å². The minimum Gasteiger partial charge on any atom is -0.393 e. The number of ether oxygens (including phenoxy) is 1. The molecule has 18 heavy (non-hydrogen) atoms. The predicted octanol–water partition coefficient (Wildman–Crippen LogP) is 3.49. The highest BCUT2D eigenvalue weighted by molar-refractivity contribution is 5.21. The normalized spacial score (nSPS) is 13.6. The molecular weight excluding hydrogens is 224 g/mol. The fourth-order valence-corrected chi connectivity index (χ4v) is 1.85. The van der Waals surface area contributed by atoms with Gasteiger partial charge in [-0.2, -0.15) is 0 Å². The number of aryl methyl sites for hydroxylation is 2. The Balaban J connectivity index is 2.29. The molecule has 0 aromatic heterocycles. The van der Waals surface area contributed by atoms with Crippen molar-refractivity contribution in [3.8, 4) is 0 Å². The molecule has 0 amide bonds. The molecule has 2 nitrogen and oxygen atoms in total. The summed E-state index contributed by atoms with van der Waals surface area (Å²) in [4.78, 5) is 0. The molecule has 102 valence electrons. The fraction of sp³-hybridized carbons (Fsp3) is 0.625. The van der Waals surface area contributed by atoms with Gasteiger partial charge in [0, 0.05) is 7.11 Å². The van der Waals surface area contributed by atoms with E-state index in [0.29, 0.717) is 0 Å². The molecule has 0 aliphatic rings. The molecule has 0 saturated carbocycles. The van der Waals surface area contributed by atoms with Gasteiger partial charge in [0.2, 0.25) is 0 Å². The first-order valence-electron chi connectivity index (χ1n) is 6.72. The molecular formula is C16H26O2. The van der Waals surface area contributed by atoms with E-state index in [1.807, 2.05) is 0 Å². The van der Waals surface area contributed by atoms with E-state index in [1.165, 1.54) is 11.1 Å². The van der Waals surface area contributed by atoms with Gasteiger partial charge in [0.25, 0.3) is 0 Å². The SMILES string of the molecule is COC(C)(C)CCC(O)CCc1ccc(C)cc1. The number of hydrogen-bond acceptors (Lipinski definition) is 2. The molecule has 0 aliphatic heterocycles. The van der Waals surface area contributed by atoms with Crippen molar-refractivity contribution in [2.24, 2.45) is 0 Å². The van der Waals surface area contributed by atoms with Crippen LogP contribution in [0.25, 0.3) is 0 Å². The van der Waals surface area contributed by atoms with Crippen molar-refractivity contribution in [1.29, 1.82) is 0 Å². The molecule has 0 heterocycles. The Morgan fingerprint density at radius 3 is 2.33 bits per heavy atom. The summed E-state index contributed by atoms with van der Waals surface area (Å²) in [6, 6.07) is 8.52. The van der Waals surface area contributed by atoms with Crippen LogP contribution in [0.15, 0.2) is 24.3 Å². The summed E-state index contributed by atoms with van der Waals surface area (Å²) in [5.41, 5.74) is 2.44. The molecule has 1 unspecified atom stereocenters. The molecule has 2 heteroatoms. The summed E-state index contributed by atoms with van der Waals surface area (Å²) < 4.78 is 5.35. The number of rotatable bonds is 7. The van der Waals surface area contributed by atoms with Gasteiger partial charge < -0.3 is 9.84 Å². The molecule has 1 N–H and O–H groups in total. The highest BCUT2D eigenvalue weighted by Gasteiger charge is 2.18. The lowest BCUT2D eigenvalue weighted by Crippen LogP contribution is -2.24. The number of aliphatic hydroxyl groups is 1. The van der Waals surface area contributed by atoms with Crippen LogP contribution in [0.4, 0.5) is 0 Å². The smallest absolute Gasteiger partial charge is 0.0623 e. The van der Waals surface area contributed by atoms with Crippen LogP contribution in [0.2, 0.25) is 0 Å². The maximum absolute atomic E-state index is 9.97. The van der Waals surface area contributed by atoms with Crippen molar-refractivity contribution < 1.29 is 9.84 Å². The van der Waals surface area contributed by atoms with E-state index in [0.717, 1.165) is 25.7 Å². The summed E-state index contributed by atoms with van der Waals surface area (Å²) >= 11 is 0. The van der Waals surface area contributed by atoms with Crippen LogP contribution in [-0.2, 0) is 11.2 Å². The minimum absolute atomic E-state index is 0.134. The van der Waals surface area contributed by atoms with Crippen molar-refractivity contribution >= 4 is 0 Å². The summed E-state index contributed by atoms with van der Waals surface area (Å²) in [5, 5.41) is 9.97. The van der Waals surface area contributed by atoms with Gasteiger partial charge in [0.15, 0.2) is 0 Å². The second-order valence-electron chi connectivity index (χ2n) is 5.68. The number of benzene rings is 1. The maximum atomic E-state index is 9.97. The third-order valence-electron chi connectivity index (χ3n) is 3.52. The molecule has 0 aliphatic carbocycles. The summed E-state index contributed by atoms with van der Waals surface area (Å²) in [5.74, 6) is 0. The van der Waals surface area contributed by atoms with Crippen LogP contribution >= 0.6 is 0 Å². The Morgan fingerprint density at radius 1 is 1.17 bits per heavy atom. The summed E-state index contributed by atoms with van der Waals surface area (Å²) in [6.07, 6.45) is 3.21. The van der Waals surface area contributed by atoms with Crippen molar-refractivity contribution in [2.45, 2.75) is 58.2 Å². The van der Waals surface area contributed by atoms with Gasteiger partial charge in [-0.25, -0.2) is 0 Å². The number of hydrogen-bond donors (Lipinski definition) is 1. The quantitative estimate of drug-likeness (QED) is 0.802. The molecule has 1 aromatic rings. The van der Waals surface area contributed by atoms with Gasteiger partial charge >= 0.3 is 0 Å². The first kappa shape index (κ1) is 15.2. The highest BCUT2D eigenvalue weighted by atomic mass is 16.5. The van der Waals surface area contributed by atoms with Crippen molar-refractivity contribution in [3.05, 3.63) is 35.4 Å². The Hall–Kier alpha value is -0.860. The molecule has 1 atom stereocenters. The third kappa shape index (κ3) is 5.65. The van der Waals surface area contributed by atoms with Crippen molar-refractivity contribution in [2.75, 3.05) is 7.11 Å². The largest absolute Gasteiger partial charge is 0.393 e. The monoisotopic (exact) mass is 250 g/mol. The van der Waals surface area contributed by atoms with Crippen LogP contribution in [0.5, 0.6) is 0 Å². The Bertz CT molecular complexity index is 341. The lowest BCUT2D eigenvalue weighted by atomic mass is 9.97. The fourth-order valence-electron chi connectivity index (χ4n) is 1.85. The molecule has 0 bridgehead atoms. The average molecular weight is 250 g/mol. The van der Waals surface area contributed by atoms with Gasteiger partial charge in [-0.05, 0) is 52.0 Å². The van der Waals surface area contributed by atoms with Crippen LogP contribution in [0, 0.1) is 6.92 Å². The van der Waals surface area contributed by atoms with Gasteiger partial charge in [-0.15, -0.1) is 0 Å². The predicted molar refractivity (Wildman–Crippen MR) is 75.8 cm³/mol. The second-order valence-corrected chi connectivity index (χ2v) is 5.68. The topological polar surface area (TPSA) is 29.5 Å². The van der Waals surface area contributed by atoms with E-state index in [4.69, 9.17) is 4.74 Å². The van der Waals surface area contributed by atoms with Gasteiger partial charge in [0.05, 0.1) is 11.7 Å². The number of methoxy groups -OCH3 is 1. The number of aliphatic hydroxyl groups excluding tert-OH is 1. The van der Waals surface area contributed by atoms with Crippen molar-refractivity contribution in [1.82, 2.24) is 0 Å². The third-order valence-corrected chi connectivity index (χ3v) is 3.52. The van der Waals surface area contributed by atoms with Crippen LogP contribution in [0.3, 0.4) is 0 Å². The Morgan fingerprint density at radius 2 is 1.78 bits per heavy atom. The molecule has 0 spiro atoms. The Labute approximate surface area is 111 Å². The zero-order valence-electron chi connectivity index (χ0n) is 12.1. The van der Waals surface area contributed by atoms with Crippen LogP contribution in [0.1, 0.15) is 44.2 Å². The zero-order chi connectivity index (χ0) is 13.6. The van der Waals surface area contributed by atoms with Crippen LogP contribution in [-0.4, -0.2) is 23.9 Å². The summed E-state index contributed by atoms with van der Waals surface area (Å²) in [6.45, 7) is 6.20. The maximum Gasteiger partial charge on any atom is 0.0623 e. The highest BCUT2D eigenvalue weighted by Crippen LogP contribution is 2.18.